The Labute approximate surface area is 155 Å². The lowest BCUT2D eigenvalue weighted by Crippen LogP contribution is -2.23. The summed E-state index contributed by atoms with van der Waals surface area (Å²) in [6.45, 7) is 1.94. The van der Waals surface area contributed by atoms with Gasteiger partial charge in [-0.25, -0.2) is 14.0 Å². The standard InChI is InChI=1S/C19H18FN3O4/c1-14(15-6-5-7-16(20)12-15)22-21-10-11-25-13-18-26-19(24)23(27-18)17-8-3-2-4-9-17/h2-10,12,18H,11,13H2,1H3. The third-order valence-corrected chi connectivity index (χ3v) is 3.59. The Hall–Kier alpha value is -3.10. The van der Waals surface area contributed by atoms with Crippen molar-refractivity contribution in [3.63, 3.8) is 0 Å². The fourth-order valence-electron chi connectivity index (χ4n) is 2.29. The molecule has 0 N–H and O–H groups in total. The number of hydroxylamine groups is 1. The fourth-order valence-corrected chi connectivity index (χ4v) is 2.29. The van der Waals surface area contributed by atoms with E-state index >= 15 is 0 Å². The number of benzene rings is 2. The summed E-state index contributed by atoms with van der Waals surface area (Å²) in [6.07, 6.45) is 0.0246. The second-order valence-corrected chi connectivity index (χ2v) is 5.58. The first-order valence-corrected chi connectivity index (χ1v) is 8.26. The van der Waals surface area contributed by atoms with Crippen LogP contribution in [0.25, 0.3) is 0 Å². The lowest BCUT2D eigenvalue weighted by molar-refractivity contribution is -0.0826. The minimum atomic E-state index is -0.830. The number of ether oxygens (including phenoxy) is 2. The minimum Gasteiger partial charge on any atom is -0.413 e. The second-order valence-electron chi connectivity index (χ2n) is 5.58. The van der Waals surface area contributed by atoms with Crippen LogP contribution in [0.5, 0.6) is 0 Å². The zero-order valence-corrected chi connectivity index (χ0v) is 14.6. The van der Waals surface area contributed by atoms with Crippen LogP contribution in [-0.4, -0.2) is 37.5 Å². The van der Waals surface area contributed by atoms with Gasteiger partial charge < -0.3 is 9.47 Å². The first-order chi connectivity index (χ1) is 13.1. The van der Waals surface area contributed by atoms with E-state index in [4.69, 9.17) is 14.3 Å². The van der Waals surface area contributed by atoms with Gasteiger partial charge in [0.25, 0.3) is 6.29 Å². The number of para-hydroxylation sites is 1. The van der Waals surface area contributed by atoms with Gasteiger partial charge in [0.15, 0.2) is 0 Å². The van der Waals surface area contributed by atoms with E-state index in [2.05, 4.69) is 10.2 Å². The van der Waals surface area contributed by atoms with Gasteiger partial charge in [-0.1, -0.05) is 30.3 Å². The predicted molar refractivity (Wildman–Crippen MR) is 98.2 cm³/mol. The smallest absolute Gasteiger partial charge is 0.413 e. The molecule has 0 saturated carbocycles. The summed E-state index contributed by atoms with van der Waals surface area (Å²) in [6, 6.07) is 15.0. The Morgan fingerprint density at radius 2 is 2.07 bits per heavy atom. The summed E-state index contributed by atoms with van der Waals surface area (Å²) >= 11 is 0. The molecule has 1 fully saturated rings. The van der Waals surface area contributed by atoms with E-state index in [1.54, 1.807) is 43.3 Å². The molecule has 2 aromatic rings. The first kappa shape index (κ1) is 18.7. The molecular formula is C19H18FN3O4. The number of cyclic esters (lactones) is 1. The maximum atomic E-state index is 13.2. The van der Waals surface area contributed by atoms with Gasteiger partial charge in [-0.15, -0.1) is 5.06 Å². The summed E-state index contributed by atoms with van der Waals surface area (Å²) < 4.78 is 23.6. The highest BCUT2D eigenvalue weighted by Crippen LogP contribution is 2.22. The maximum Gasteiger partial charge on any atom is 0.441 e. The highest BCUT2D eigenvalue weighted by molar-refractivity contribution is 5.98. The highest BCUT2D eigenvalue weighted by Gasteiger charge is 2.33. The molecule has 27 heavy (non-hydrogen) atoms. The van der Waals surface area contributed by atoms with Crippen LogP contribution in [0.15, 0.2) is 64.8 Å². The van der Waals surface area contributed by atoms with Gasteiger partial charge in [-0.05, 0) is 31.2 Å². The Kier molecular flexibility index (Phi) is 6.24. The van der Waals surface area contributed by atoms with Crippen molar-refractivity contribution in [1.82, 2.24) is 0 Å². The largest absolute Gasteiger partial charge is 0.441 e. The molecule has 1 unspecified atom stereocenters. The molecule has 0 aliphatic carbocycles. The molecule has 140 valence electrons. The Morgan fingerprint density at radius 3 is 2.85 bits per heavy atom. The third-order valence-electron chi connectivity index (χ3n) is 3.59. The van der Waals surface area contributed by atoms with Crippen molar-refractivity contribution >= 4 is 23.7 Å². The number of carbonyl (C=O) groups excluding carboxylic acids is 1. The van der Waals surface area contributed by atoms with Crippen LogP contribution in [0.2, 0.25) is 0 Å². The van der Waals surface area contributed by atoms with Crippen molar-refractivity contribution in [3.05, 3.63) is 66.0 Å². The van der Waals surface area contributed by atoms with Crippen LogP contribution in [-0.2, 0) is 14.3 Å². The third kappa shape index (κ3) is 5.19. The van der Waals surface area contributed by atoms with Gasteiger partial charge in [0, 0.05) is 5.56 Å². The topological polar surface area (TPSA) is 72.7 Å². The molecule has 3 rings (SSSR count). The number of hydrogen-bond donors (Lipinski definition) is 0. The molecule has 2 aromatic carbocycles. The Bertz CT molecular complexity index is 842. The fraction of sp³-hybridized carbons (Fsp3) is 0.211. The number of hydrogen-bond acceptors (Lipinski definition) is 6. The monoisotopic (exact) mass is 371 g/mol. The SMILES string of the molecule is CC(=NN=CCOCC1OC(=O)N(c2ccccc2)O1)c1cccc(F)c1. The lowest BCUT2D eigenvalue weighted by Gasteiger charge is -2.11. The molecule has 0 spiro atoms. The molecule has 1 aliphatic heterocycles. The molecule has 1 atom stereocenters. The highest BCUT2D eigenvalue weighted by atomic mass is 19.1. The van der Waals surface area contributed by atoms with E-state index in [0.717, 1.165) is 5.06 Å². The summed E-state index contributed by atoms with van der Waals surface area (Å²) in [5, 5.41) is 8.94. The van der Waals surface area contributed by atoms with Gasteiger partial charge >= 0.3 is 6.09 Å². The Morgan fingerprint density at radius 1 is 1.26 bits per heavy atom. The minimum absolute atomic E-state index is 0.0493. The summed E-state index contributed by atoms with van der Waals surface area (Å²) in [5.41, 5.74) is 1.81. The van der Waals surface area contributed by atoms with Crippen molar-refractivity contribution in [2.24, 2.45) is 10.2 Å². The van der Waals surface area contributed by atoms with E-state index < -0.39 is 12.4 Å². The van der Waals surface area contributed by atoms with Crippen molar-refractivity contribution in [3.8, 4) is 0 Å². The molecule has 0 bridgehead atoms. The van der Waals surface area contributed by atoms with Crippen LogP contribution in [0.4, 0.5) is 14.9 Å². The number of amides is 1. The van der Waals surface area contributed by atoms with Gasteiger partial charge in [0.05, 0.1) is 24.2 Å². The quantitative estimate of drug-likeness (QED) is 0.424. The zero-order chi connectivity index (χ0) is 19.1. The van der Waals surface area contributed by atoms with E-state index in [1.807, 2.05) is 6.07 Å². The molecule has 1 aliphatic rings. The predicted octanol–water partition coefficient (Wildman–Crippen LogP) is 3.55. The van der Waals surface area contributed by atoms with E-state index in [0.29, 0.717) is 17.0 Å². The van der Waals surface area contributed by atoms with Gasteiger partial charge in [-0.3, -0.25) is 0 Å². The summed E-state index contributed by atoms with van der Waals surface area (Å²) in [4.78, 5) is 17.2. The number of nitrogens with zero attached hydrogens (tertiary/aromatic N) is 3. The number of carbonyl (C=O) groups is 1. The van der Waals surface area contributed by atoms with Gasteiger partial charge in [0.2, 0.25) is 0 Å². The average Bonchev–Trinajstić information content (AvgIpc) is 3.05. The van der Waals surface area contributed by atoms with Crippen LogP contribution in [0, 0.1) is 5.82 Å². The zero-order valence-electron chi connectivity index (χ0n) is 14.6. The normalized spacial score (nSPS) is 17.6. The lowest BCUT2D eigenvalue weighted by atomic mass is 10.1. The number of halogens is 1. The maximum absolute atomic E-state index is 13.2. The van der Waals surface area contributed by atoms with Crippen molar-refractivity contribution in [2.45, 2.75) is 13.2 Å². The molecule has 7 nitrogen and oxygen atoms in total. The first-order valence-electron chi connectivity index (χ1n) is 8.26. The van der Waals surface area contributed by atoms with Crippen LogP contribution >= 0.6 is 0 Å². The van der Waals surface area contributed by atoms with E-state index in [1.165, 1.54) is 18.3 Å². The average molecular weight is 371 g/mol. The summed E-state index contributed by atoms with van der Waals surface area (Å²) in [7, 11) is 0. The number of rotatable bonds is 7. The molecule has 8 heteroatoms. The van der Waals surface area contributed by atoms with E-state index in [-0.39, 0.29) is 19.0 Å². The number of anilines is 1. The molecule has 1 saturated heterocycles. The van der Waals surface area contributed by atoms with Crippen molar-refractivity contribution in [2.75, 3.05) is 18.3 Å². The second kappa shape index (κ2) is 9.02. The van der Waals surface area contributed by atoms with Crippen LogP contribution in [0.1, 0.15) is 12.5 Å². The van der Waals surface area contributed by atoms with Crippen molar-refractivity contribution < 1.29 is 23.5 Å². The Balaban J connectivity index is 1.42. The van der Waals surface area contributed by atoms with Gasteiger partial charge in [0.1, 0.15) is 12.4 Å². The molecule has 0 aromatic heterocycles. The molecule has 1 amide bonds. The van der Waals surface area contributed by atoms with Gasteiger partial charge in [-0.2, -0.15) is 10.2 Å². The van der Waals surface area contributed by atoms with E-state index in [9.17, 15) is 9.18 Å². The van der Waals surface area contributed by atoms with Crippen LogP contribution in [0.3, 0.4) is 0 Å². The molecule has 0 radical (unpaired) electrons. The van der Waals surface area contributed by atoms with Crippen molar-refractivity contribution in [1.29, 1.82) is 0 Å². The summed E-state index contributed by atoms with van der Waals surface area (Å²) in [5.74, 6) is -0.329. The van der Waals surface area contributed by atoms with Crippen LogP contribution < -0.4 is 5.06 Å². The molecule has 1 heterocycles. The molecular weight excluding hydrogens is 353 g/mol.